The number of carbonyl (C=O) groups is 4. The van der Waals surface area contributed by atoms with Gasteiger partial charge < -0.3 is 19.5 Å². The maximum absolute atomic E-state index is 12.5. The molecule has 0 aliphatic heterocycles. The lowest BCUT2D eigenvalue weighted by Gasteiger charge is -2.23. The monoisotopic (exact) mass is 421 g/mol. The number of benzene rings is 1. The molecule has 8 nitrogen and oxygen atoms in total. The van der Waals surface area contributed by atoms with E-state index in [1.165, 1.54) is 0 Å². The molecule has 1 aromatic rings. The van der Waals surface area contributed by atoms with Gasteiger partial charge in [0.05, 0.1) is 0 Å². The summed E-state index contributed by atoms with van der Waals surface area (Å²) >= 11 is 0. The lowest BCUT2D eigenvalue weighted by Crippen LogP contribution is -2.45. The number of alkyl carbamates (subject to hydrolysis) is 1. The molecule has 0 aliphatic carbocycles. The quantitative estimate of drug-likeness (QED) is 0.390. The highest BCUT2D eigenvalue weighted by atomic mass is 16.6. The summed E-state index contributed by atoms with van der Waals surface area (Å²) in [5, 5.41) is 2.35. The predicted octanol–water partition coefficient (Wildman–Crippen LogP) is 3.31. The van der Waals surface area contributed by atoms with Crippen LogP contribution in [0.5, 0.6) is 0 Å². The molecule has 1 amide bonds. The molecular formula is C22H31NO7. The highest BCUT2D eigenvalue weighted by molar-refractivity contribution is 5.98. The van der Waals surface area contributed by atoms with Crippen LogP contribution in [0.2, 0.25) is 0 Å². The molecular weight excluding hydrogens is 390 g/mol. The molecule has 0 unspecified atom stereocenters. The Morgan fingerprint density at radius 1 is 0.900 bits per heavy atom. The van der Waals surface area contributed by atoms with Gasteiger partial charge in [-0.15, -0.1) is 0 Å². The molecule has 0 saturated carbocycles. The summed E-state index contributed by atoms with van der Waals surface area (Å²) in [6.45, 7) is 10.0. The number of nitrogens with one attached hydrogen (secondary N) is 1. The number of carbonyl (C=O) groups excluding carboxylic acids is 4. The third-order valence-electron chi connectivity index (χ3n) is 3.39. The summed E-state index contributed by atoms with van der Waals surface area (Å²) in [7, 11) is 0. The number of esters is 2. The van der Waals surface area contributed by atoms with Crippen LogP contribution in [0, 0.1) is 0 Å². The van der Waals surface area contributed by atoms with Crippen molar-refractivity contribution in [3.05, 3.63) is 35.9 Å². The van der Waals surface area contributed by atoms with Gasteiger partial charge in [0.25, 0.3) is 0 Å². The fourth-order valence-corrected chi connectivity index (χ4v) is 2.31. The normalized spacial score (nSPS) is 12.5. The Morgan fingerprint density at radius 2 is 1.47 bits per heavy atom. The number of amides is 1. The minimum atomic E-state index is -1.29. The van der Waals surface area contributed by atoms with Crippen molar-refractivity contribution in [2.45, 2.75) is 78.2 Å². The lowest BCUT2D eigenvalue weighted by atomic mass is 10.1. The van der Waals surface area contributed by atoms with Crippen molar-refractivity contribution in [1.82, 2.24) is 5.32 Å². The average Bonchev–Trinajstić information content (AvgIpc) is 2.56. The minimum absolute atomic E-state index is 0.0214. The Morgan fingerprint density at radius 3 is 2.00 bits per heavy atom. The van der Waals surface area contributed by atoms with E-state index in [0.717, 1.165) is 5.56 Å². The third kappa shape index (κ3) is 11.2. The molecule has 0 heterocycles. The second-order valence-corrected chi connectivity index (χ2v) is 8.80. The van der Waals surface area contributed by atoms with Crippen LogP contribution in [-0.4, -0.2) is 41.1 Å². The van der Waals surface area contributed by atoms with Gasteiger partial charge in [0.1, 0.15) is 36.1 Å². The van der Waals surface area contributed by atoms with Gasteiger partial charge in [-0.25, -0.2) is 9.59 Å². The van der Waals surface area contributed by atoms with Crippen molar-refractivity contribution in [2.75, 3.05) is 0 Å². The standard InChI is InChI=1S/C22H31NO7/c1-21(2,3)29-18(25)13-16(24)12-17(23-20(27)30-22(4,5)6)19(26)28-14-15-10-8-7-9-11-15/h7-11,17H,12-14H2,1-6H3,(H,23,27)/t17-/m0/s1. The van der Waals surface area contributed by atoms with Gasteiger partial charge in [0, 0.05) is 6.42 Å². The summed E-state index contributed by atoms with van der Waals surface area (Å²) in [4.78, 5) is 48.8. The van der Waals surface area contributed by atoms with E-state index < -0.39 is 53.9 Å². The van der Waals surface area contributed by atoms with Crippen LogP contribution in [0.1, 0.15) is 59.9 Å². The molecule has 1 N–H and O–H groups in total. The summed E-state index contributed by atoms with van der Waals surface area (Å²) in [6.07, 6.45) is -1.81. The van der Waals surface area contributed by atoms with Crippen LogP contribution in [0.15, 0.2) is 30.3 Å². The van der Waals surface area contributed by atoms with E-state index in [4.69, 9.17) is 14.2 Å². The number of hydrogen-bond donors (Lipinski definition) is 1. The first-order valence-corrected chi connectivity index (χ1v) is 9.69. The van der Waals surface area contributed by atoms with Crippen LogP contribution < -0.4 is 5.32 Å². The predicted molar refractivity (Wildman–Crippen MR) is 109 cm³/mol. The Hall–Kier alpha value is -2.90. The van der Waals surface area contributed by atoms with Gasteiger partial charge in [-0.2, -0.15) is 0 Å². The van der Waals surface area contributed by atoms with Crippen molar-refractivity contribution >= 4 is 23.8 Å². The SMILES string of the molecule is CC(C)(C)OC(=O)CC(=O)C[C@H](NC(=O)OC(C)(C)C)C(=O)OCc1ccccc1. The zero-order valence-corrected chi connectivity index (χ0v) is 18.4. The summed E-state index contributed by atoms with van der Waals surface area (Å²) in [6, 6.07) is 7.68. The second kappa shape index (κ2) is 10.8. The Labute approximate surface area is 177 Å². The average molecular weight is 421 g/mol. The van der Waals surface area contributed by atoms with Crippen molar-refractivity contribution in [3.8, 4) is 0 Å². The molecule has 30 heavy (non-hydrogen) atoms. The second-order valence-electron chi connectivity index (χ2n) is 8.80. The Kier molecular flexibility index (Phi) is 9.01. The molecule has 1 rings (SSSR count). The van der Waals surface area contributed by atoms with Crippen molar-refractivity contribution in [3.63, 3.8) is 0 Å². The maximum atomic E-state index is 12.5. The fourth-order valence-electron chi connectivity index (χ4n) is 2.31. The minimum Gasteiger partial charge on any atom is -0.460 e. The molecule has 0 radical (unpaired) electrons. The zero-order valence-electron chi connectivity index (χ0n) is 18.4. The molecule has 0 saturated heterocycles. The summed E-state index contributed by atoms with van der Waals surface area (Å²) < 4.78 is 15.5. The smallest absolute Gasteiger partial charge is 0.408 e. The molecule has 0 aliphatic rings. The molecule has 0 spiro atoms. The van der Waals surface area contributed by atoms with Crippen molar-refractivity contribution < 1.29 is 33.4 Å². The number of Topliss-reactive ketones (excluding diaryl/α,β-unsaturated/α-hetero) is 1. The third-order valence-corrected chi connectivity index (χ3v) is 3.39. The van der Waals surface area contributed by atoms with Gasteiger partial charge in [-0.3, -0.25) is 9.59 Å². The first-order valence-electron chi connectivity index (χ1n) is 9.69. The van der Waals surface area contributed by atoms with E-state index in [-0.39, 0.29) is 6.61 Å². The van der Waals surface area contributed by atoms with Gasteiger partial charge in [-0.1, -0.05) is 30.3 Å². The fraction of sp³-hybridized carbons (Fsp3) is 0.545. The van der Waals surface area contributed by atoms with E-state index in [2.05, 4.69) is 5.32 Å². The summed E-state index contributed by atoms with van der Waals surface area (Å²) in [5.41, 5.74) is -0.773. The lowest BCUT2D eigenvalue weighted by molar-refractivity contribution is -0.157. The molecule has 0 fully saturated rings. The largest absolute Gasteiger partial charge is 0.460 e. The highest BCUT2D eigenvalue weighted by Gasteiger charge is 2.29. The van der Waals surface area contributed by atoms with E-state index in [0.29, 0.717) is 0 Å². The van der Waals surface area contributed by atoms with E-state index in [9.17, 15) is 19.2 Å². The first-order chi connectivity index (χ1) is 13.7. The maximum Gasteiger partial charge on any atom is 0.408 e. The zero-order chi connectivity index (χ0) is 22.9. The molecule has 166 valence electrons. The molecule has 8 heteroatoms. The Bertz CT molecular complexity index is 745. The molecule has 0 aromatic heterocycles. The molecule has 1 atom stereocenters. The number of ether oxygens (including phenoxy) is 3. The van der Waals surface area contributed by atoms with Crippen molar-refractivity contribution in [1.29, 1.82) is 0 Å². The van der Waals surface area contributed by atoms with Gasteiger partial charge >= 0.3 is 18.0 Å². The van der Waals surface area contributed by atoms with Gasteiger partial charge in [0.15, 0.2) is 0 Å². The summed E-state index contributed by atoms with van der Waals surface area (Å²) in [5.74, 6) is -2.08. The first kappa shape index (κ1) is 25.1. The van der Waals surface area contributed by atoms with Crippen LogP contribution >= 0.6 is 0 Å². The van der Waals surface area contributed by atoms with Crippen molar-refractivity contribution in [2.24, 2.45) is 0 Å². The topological polar surface area (TPSA) is 108 Å². The molecule has 1 aromatic carbocycles. The van der Waals surface area contributed by atoms with E-state index in [1.54, 1.807) is 65.8 Å². The number of hydrogen-bond acceptors (Lipinski definition) is 7. The Balaban J connectivity index is 2.78. The number of ketones is 1. The number of rotatable bonds is 8. The van der Waals surface area contributed by atoms with Gasteiger partial charge in [-0.05, 0) is 47.1 Å². The van der Waals surface area contributed by atoms with Crippen LogP contribution in [0.3, 0.4) is 0 Å². The van der Waals surface area contributed by atoms with Crippen LogP contribution in [0.4, 0.5) is 4.79 Å². The van der Waals surface area contributed by atoms with E-state index in [1.807, 2.05) is 6.07 Å². The molecule has 0 bridgehead atoms. The van der Waals surface area contributed by atoms with Crippen LogP contribution in [0.25, 0.3) is 0 Å². The van der Waals surface area contributed by atoms with Crippen LogP contribution in [-0.2, 0) is 35.2 Å². The highest BCUT2D eigenvalue weighted by Crippen LogP contribution is 2.12. The van der Waals surface area contributed by atoms with Gasteiger partial charge in [0.2, 0.25) is 0 Å². The van der Waals surface area contributed by atoms with E-state index >= 15 is 0 Å².